The van der Waals surface area contributed by atoms with Crippen LogP contribution in [0, 0.1) is 0 Å². The third-order valence-corrected chi connectivity index (χ3v) is 4.34. The molecule has 0 bridgehead atoms. The molecule has 0 spiro atoms. The van der Waals surface area contributed by atoms with Gasteiger partial charge in [0.25, 0.3) is 0 Å². The second-order valence-electron chi connectivity index (χ2n) is 3.90. The highest BCUT2D eigenvalue weighted by Gasteiger charge is 2.32. The van der Waals surface area contributed by atoms with Gasteiger partial charge in [-0.3, -0.25) is 5.32 Å². The van der Waals surface area contributed by atoms with Gasteiger partial charge >= 0.3 is 6.18 Å². The zero-order valence-electron chi connectivity index (χ0n) is 8.96. The molecule has 1 aliphatic heterocycles. The zero-order chi connectivity index (χ0) is 12.5. The molecule has 1 heterocycles. The predicted molar refractivity (Wildman–Crippen MR) is 58.9 cm³/mol. The second kappa shape index (κ2) is 4.88. The Balaban J connectivity index is 2.12. The SMILES string of the molecule is [O-][S+](c1ccc(C(F)(F)F)cc1)[C@H]1CCCN1. The number of rotatable bonds is 2. The molecule has 2 nitrogen and oxygen atoms in total. The highest BCUT2D eigenvalue weighted by Crippen LogP contribution is 2.30. The monoisotopic (exact) mass is 263 g/mol. The summed E-state index contributed by atoms with van der Waals surface area (Å²) in [7, 11) is 0. The van der Waals surface area contributed by atoms with Crippen molar-refractivity contribution in [2.45, 2.75) is 29.3 Å². The Labute approximate surface area is 100 Å². The molecule has 1 N–H and O–H groups in total. The van der Waals surface area contributed by atoms with Crippen LogP contribution in [0.4, 0.5) is 13.2 Å². The molecule has 0 radical (unpaired) electrons. The molecule has 1 unspecified atom stereocenters. The normalized spacial score (nSPS) is 22.7. The molecule has 0 amide bonds. The molecule has 0 aromatic heterocycles. The minimum Gasteiger partial charge on any atom is -0.610 e. The Bertz CT molecular complexity index is 373. The van der Waals surface area contributed by atoms with E-state index in [1.165, 1.54) is 12.1 Å². The fraction of sp³-hybridized carbons (Fsp3) is 0.455. The van der Waals surface area contributed by atoms with E-state index in [2.05, 4.69) is 5.32 Å². The van der Waals surface area contributed by atoms with Gasteiger partial charge < -0.3 is 4.55 Å². The van der Waals surface area contributed by atoms with Crippen LogP contribution in [0.1, 0.15) is 18.4 Å². The lowest BCUT2D eigenvalue weighted by atomic mass is 10.2. The van der Waals surface area contributed by atoms with Gasteiger partial charge in [0.05, 0.1) is 5.56 Å². The summed E-state index contributed by atoms with van der Waals surface area (Å²) >= 11 is -1.27. The van der Waals surface area contributed by atoms with E-state index in [1.807, 2.05) is 0 Å². The van der Waals surface area contributed by atoms with Gasteiger partial charge in [0.1, 0.15) is 0 Å². The molecule has 6 heteroatoms. The highest BCUT2D eigenvalue weighted by atomic mass is 32.2. The van der Waals surface area contributed by atoms with Crippen LogP contribution in [0.3, 0.4) is 0 Å². The first-order valence-corrected chi connectivity index (χ1v) is 6.51. The molecule has 1 aliphatic rings. The number of hydrogen-bond donors (Lipinski definition) is 1. The van der Waals surface area contributed by atoms with E-state index in [9.17, 15) is 17.7 Å². The summed E-state index contributed by atoms with van der Waals surface area (Å²) in [4.78, 5) is 0.442. The number of hydrogen-bond acceptors (Lipinski definition) is 2. The van der Waals surface area contributed by atoms with Gasteiger partial charge in [-0.05, 0) is 37.2 Å². The number of alkyl halides is 3. The largest absolute Gasteiger partial charge is 0.610 e. The molecule has 0 aliphatic carbocycles. The first-order chi connectivity index (χ1) is 7.98. The molecule has 2 atom stereocenters. The van der Waals surface area contributed by atoms with Gasteiger partial charge in [0.2, 0.25) is 0 Å². The van der Waals surface area contributed by atoms with Crippen molar-refractivity contribution in [3.8, 4) is 0 Å². The molecule has 1 fully saturated rings. The van der Waals surface area contributed by atoms with E-state index in [-0.39, 0.29) is 5.37 Å². The van der Waals surface area contributed by atoms with E-state index >= 15 is 0 Å². The summed E-state index contributed by atoms with van der Waals surface area (Å²) in [6.07, 6.45) is -2.59. The molecule has 94 valence electrons. The lowest BCUT2D eigenvalue weighted by molar-refractivity contribution is -0.137. The summed E-state index contributed by atoms with van der Waals surface area (Å²) in [6.45, 7) is 0.817. The fourth-order valence-electron chi connectivity index (χ4n) is 1.78. The molecular weight excluding hydrogens is 251 g/mol. The molecule has 1 saturated heterocycles. The van der Waals surface area contributed by atoms with Crippen LogP contribution in [-0.4, -0.2) is 16.5 Å². The highest BCUT2D eigenvalue weighted by molar-refractivity contribution is 7.92. The maximum atomic E-state index is 12.3. The van der Waals surface area contributed by atoms with Gasteiger partial charge in [-0.2, -0.15) is 13.2 Å². The van der Waals surface area contributed by atoms with Gasteiger partial charge in [0, 0.05) is 17.6 Å². The van der Waals surface area contributed by atoms with Crippen molar-refractivity contribution >= 4 is 11.2 Å². The maximum absolute atomic E-state index is 12.3. The third kappa shape index (κ3) is 2.94. The summed E-state index contributed by atoms with van der Waals surface area (Å²) in [6, 6.07) is 4.53. The van der Waals surface area contributed by atoms with Crippen LogP contribution in [0.15, 0.2) is 29.2 Å². The van der Waals surface area contributed by atoms with Crippen molar-refractivity contribution in [2.24, 2.45) is 0 Å². The predicted octanol–water partition coefficient (Wildman–Crippen LogP) is 2.52. The minimum atomic E-state index is -4.34. The van der Waals surface area contributed by atoms with Gasteiger partial charge in [-0.1, -0.05) is 0 Å². The Morgan fingerprint density at radius 1 is 1.24 bits per heavy atom. The van der Waals surface area contributed by atoms with Crippen molar-refractivity contribution in [1.82, 2.24) is 5.32 Å². The first kappa shape index (κ1) is 12.7. The van der Waals surface area contributed by atoms with Gasteiger partial charge in [-0.15, -0.1) is 0 Å². The third-order valence-electron chi connectivity index (χ3n) is 2.69. The topological polar surface area (TPSA) is 35.1 Å². The van der Waals surface area contributed by atoms with Crippen LogP contribution in [0.25, 0.3) is 0 Å². The van der Waals surface area contributed by atoms with E-state index in [0.29, 0.717) is 4.90 Å². The average molecular weight is 263 g/mol. The van der Waals surface area contributed by atoms with Gasteiger partial charge in [-0.25, -0.2) is 0 Å². The van der Waals surface area contributed by atoms with Crippen LogP contribution in [-0.2, 0) is 17.4 Å². The van der Waals surface area contributed by atoms with Crippen molar-refractivity contribution in [1.29, 1.82) is 0 Å². The Kier molecular flexibility index (Phi) is 3.65. The van der Waals surface area contributed by atoms with Crippen LogP contribution >= 0.6 is 0 Å². The van der Waals surface area contributed by atoms with Crippen molar-refractivity contribution in [2.75, 3.05) is 6.54 Å². The summed E-state index contributed by atoms with van der Waals surface area (Å²) in [5, 5.41) is 2.94. The van der Waals surface area contributed by atoms with E-state index in [4.69, 9.17) is 0 Å². The Morgan fingerprint density at radius 2 is 1.88 bits per heavy atom. The second-order valence-corrected chi connectivity index (χ2v) is 5.54. The molecule has 0 saturated carbocycles. The minimum absolute atomic E-state index is 0.133. The van der Waals surface area contributed by atoms with Crippen LogP contribution < -0.4 is 5.32 Å². The van der Waals surface area contributed by atoms with Crippen molar-refractivity contribution in [3.05, 3.63) is 29.8 Å². The summed E-state index contributed by atoms with van der Waals surface area (Å²) in [5.74, 6) is 0. The number of nitrogens with one attached hydrogen (secondary N) is 1. The molecule has 1 aromatic carbocycles. The van der Waals surface area contributed by atoms with Gasteiger partial charge in [0.15, 0.2) is 10.3 Å². The fourth-order valence-corrected chi connectivity index (χ4v) is 3.16. The molecule has 2 rings (SSSR count). The zero-order valence-corrected chi connectivity index (χ0v) is 9.77. The van der Waals surface area contributed by atoms with E-state index in [1.54, 1.807) is 0 Å². The lowest BCUT2D eigenvalue weighted by Gasteiger charge is -2.17. The van der Waals surface area contributed by atoms with Crippen molar-refractivity contribution in [3.63, 3.8) is 0 Å². The smallest absolute Gasteiger partial charge is 0.416 e. The van der Waals surface area contributed by atoms with E-state index in [0.717, 1.165) is 31.5 Å². The Hall–Kier alpha value is -0.720. The lowest BCUT2D eigenvalue weighted by Crippen LogP contribution is -2.30. The first-order valence-electron chi connectivity index (χ1n) is 5.30. The summed E-state index contributed by atoms with van der Waals surface area (Å²) < 4.78 is 49.0. The Morgan fingerprint density at radius 3 is 2.35 bits per heavy atom. The van der Waals surface area contributed by atoms with E-state index < -0.39 is 22.9 Å². The maximum Gasteiger partial charge on any atom is 0.416 e. The molecule has 17 heavy (non-hydrogen) atoms. The molecular formula is C11H12F3NOS. The average Bonchev–Trinajstić information content (AvgIpc) is 2.80. The van der Waals surface area contributed by atoms with Crippen LogP contribution in [0.2, 0.25) is 0 Å². The quantitative estimate of drug-likeness (QED) is 0.832. The molecule has 1 aromatic rings. The van der Waals surface area contributed by atoms with Crippen molar-refractivity contribution < 1.29 is 17.7 Å². The number of benzene rings is 1. The standard InChI is InChI=1S/C11H12F3NOS/c12-11(13,14)8-3-5-9(6-4-8)17(16)10-2-1-7-15-10/h3-6,10,15H,1-2,7H2/t10-,17?/m0/s1. The summed E-state index contributed by atoms with van der Waals surface area (Å²) in [5.41, 5.74) is -0.711. The number of halogens is 3. The van der Waals surface area contributed by atoms with Crippen LogP contribution in [0.5, 0.6) is 0 Å².